The number of amidine groups is 1. The number of aliphatic imine (C=N–C) groups is 1. The van der Waals surface area contributed by atoms with Crippen LogP contribution in [0.3, 0.4) is 0 Å². The number of carboxylic acids is 1. The van der Waals surface area contributed by atoms with Crippen LogP contribution in [0.1, 0.15) is 15.9 Å². The minimum Gasteiger partial charge on any atom is -0.478 e. The van der Waals surface area contributed by atoms with Crippen molar-refractivity contribution in [3.63, 3.8) is 0 Å². The number of nitriles is 1. The van der Waals surface area contributed by atoms with Crippen LogP contribution in [0.4, 0.5) is 5.69 Å². The first-order valence-corrected chi connectivity index (χ1v) is 8.00. The monoisotopic (exact) mass is 325 g/mol. The van der Waals surface area contributed by atoms with Crippen LogP contribution < -0.4 is 5.32 Å². The number of carbonyl (C=O) groups is 1. The minimum atomic E-state index is -1.06. The molecule has 0 heterocycles. The number of rotatable bonds is 3. The molecule has 0 atom stereocenters. The lowest BCUT2D eigenvalue weighted by Gasteiger charge is -2.08. The van der Waals surface area contributed by atoms with Crippen molar-refractivity contribution in [1.29, 1.82) is 5.26 Å². The number of hydrogen-bond donors (Lipinski definition) is 2. The van der Waals surface area contributed by atoms with E-state index in [1.54, 1.807) is 24.6 Å². The summed E-state index contributed by atoms with van der Waals surface area (Å²) in [5, 5.41) is 20.9. The van der Waals surface area contributed by atoms with E-state index in [1.165, 1.54) is 11.8 Å². The Morgan fingerprint density at radius 3 is 2.43 bits per heavy atom. The highest BCUT2D eigenvalue weighted by Gasteiger charge is 2.12. The van der Waals surface area contributed by atoms with Crippen molar-refractivity contribution in [2.45, 2.75) is 6.92 Å². The summed E-state index contributed by atoms with van der Waals surface area (Å²) in [6.07, 6.45) is 3.54. The largest absolute Gasteiger partial charge is 0.478 e. The Morgan fingerprint density at radius 1 is 1.22 bits per heavy atom. The molecular weight excluding hydrogens is 310 g/mol. The van der Waals surface area contributed by atoms with Crippen LogP contribution in [0.15, 0.2) is 47.5 Å². The maximum Gasteiger partial charge on any atom is 0.337 e. The third kappa shape index (κ3) is 4.11. The van der Waals surface area contributed by atoms with E-state index in [0.717, 1.165) is 16.7 Å². The maximum absolute atomic E-state index is 11.5. The molecule has 0 aliphatic rings. The standard InChI is InChI=1S/C17H15N3O2S/c1-11-3-5-12(6-4-11)13-7-8-15(14(9-13)16(21)22)20-17(23-2)19-10-18/h3-9H,1-2H3,(H,19,20)(H,21,22). The Morgan fingerprint density at radius 2 is 1.87 bits per heavy atom. The molecule has 0 unspecified atom stereocenters. The van der Waals surface area contributed by atoms with Crippen molar-refractivity contribution in [2.75, 3.05) is 6.26 Å². The van der Waals surface area contributed by atoms with Crippen LogP contribution in [0.5, 0.6) is 0 Å². The van der Waals surface area contributed by atoms with E-state index in [-0.39, 0.29) is 5.56 Å². The predicted octanol–water partition coefficient (Wildman–Crippen LogP) is 3.78. The highest BCUT2D eigenvalue weighted by molar-refractivity contribution is 8.13. The molecule has 0 aromatic heterocycles. The summed E-state index contributed by atoms with van der Waals surface area (Å²) < 4.78 is 0. The van der Waals surface area contributed by atoms with Crippen molar-refractivity contribution in [3.8, 4) is 17.3 Å². The highest BCUT2D eigenvalue weighted by atomic mass is 32.2. The van der Waals surface area contributed by atoms with Crippen LogP contribution >= 0.6 is 11.8 Å². The van der Waals surface area contributed by atoms with Gasteiger partial charge in [0.2, 0.25) is 0 Å². The van der Waals surface area contributed by atoms with Gasteiger partial charge in [0.1, 0.15) is 0 Å². The Balaban J connectivity index is 2.49. The van der Waals surface area contributed by atoms with Crippen molar-refractivity contribution >= 4 is 28.6 Å². The fourth-order valence-corrected chi connectivity index (χ4v) is 2.35. The third-order valence-electron chi connectivity index (χ3n) is 3.19. The number of thioether (sulfide) groups is 1. The van der Waals surface area contributed by atoms with Gasteiger partial charge in [0, 0.05) is 0 Å². The zero-order valence-electron chi connectivity index (χ0n) is 12.7. The molecule has 0 bridgehead atoms. The molecular formula is C17H15N3O2S. The minimum absolute atomic E-state index is 0.0920. The summed E-state index contributed by atoms with van der Waals surface area (Å²) in [5.74, 6) is -1.06. The van der Waals surface area contributed by atoms with E-state index in [9.17, 15) is 9.90 Å². The fraction of sp³-hybridized carbons (Fsp3) is 0.118. The Labute approximate surface area is 138 Å². The second kappa shape index (κ2) is 7.47. The van der Waals surface area contributed by atoms with E-state index in [2.05, 4.69) is 10.3 Å². The SMILES string of the molecule is CSC(=Nc1ccc(-c2ccc(C)cc2)cc1C(=O)O)NC#N. The third-order valence-corrected chi connectivity index (χ3v) is 3.77. The first-order chi connectivity index (χ1) is 11.0. The lowest BCUT2D eigenvalue weighted by molar-refractivity contribution is 0.0698. The predicted molar refractivity (Wildman–Crippen MR) is 92.9 cm³/mol. The van der Waals surface area contributed by atoms with Crippen LogP contribution in [-0.2, 0) is 0 Å². The van der Waals surface area contributed by atoms with Gasteiger partial charge in [-0.3, -0.25) is 5.32 Å². The highest BCUT2D eigenvalue weighted by Crippen LogP contribution is 2.28. The van der Waals surface area contributed by atoms with Gasteiger partial charge in [0.25, 0.3) is 0 Å². The Hall–Kier alpha value is -2.78. The molecule has 0 saturated heterocycles. The Bertz CT molecular complexity index is 792. The second-order valence-electron chi connectivity index (χ2n) is 4.76. The van der Waals surface area contributed by atoms with E-state index in [0.29, 0.717) is 10.9 Å². The molecule has 0 radical (unpaired) electrons. The van der Waals surface area contributed by atoms with Gasteiger partial charge in [0.15, 0.2) is 11.4 Å². The van der Waals surface area contributed by atoms with Crippen LogP contribution in [0.25, 0.3) is 11.1 Å². The average molecular weight is 325 g/mol. The summed E-state index contributed by atoms with van der Waals surface area (Å²) >= 11 is 1.24. The molecule has 2 aromatic rings. The van der Waals surface area contributed by atoms with Crippen LogP contribution in [0, 0.1) is 18.4 Å². The summed E-state index contributed by atoms with van der Waals surface area (Å²) in [6.45, 7) is 2.00. The lowest BCUT2D eigenvalue weighted by atomic mass is 10.0. The lowest BCUT2D eigenvalue weighted by Crippen LogP contribution is -2.12. The number of nitrogens with zero attached hydrogens (tertiary/aromatic N) is 2. The van der Waals surface area contributed by atoms with Gasteiger partial charge in [-0.05, 0) is 36.4 Å². The number of carboxylic acid groups (broad SMARTS) is 1. The van der Waals surface area contributed by atoms with E-state index < -0.39 is 5.97 Å². The van der Waals surface area contributed by atoms with E-state index >= 15 is 0 Å². The van der Waals surface area contributed by atoms with Gasteiger partial charge in [-0.25, -0.2) is 9.79 Å². The molecule has 2 rings (SSSR count). The van der Waals surface area contributed by atoms with Gasteiger partial charge < -0.3 is 5.11 Å². The molecule has 0 spiro atoms. The normalized spacial score (nSPS) is 10.9. The van der Waals surface area contributed by atoms with Gasteiger partial charge in [0.05, 0.1) is 11.3 Å². The second-order valence-corrected chi connectivity index (χ2v) is 5.56. The maximum atomic E-state index is 11.5. The number of aromatic carboxylic acids is 1. The smallest absolute Gasteiger partial charge is 0.337 e. The van der Waals surface area contributed by atoms with Gasteiger partial charge in [-0.15, -0.1) is 0 Å². The van der Waals surface area contributed by atoms with E-state index in [1.807, 2.05) is 37.3 Å². The Kier molecular flexibility index (Phi) is 5.39. The zero-order chi connectivity index (χ0) is 16.8. The van der Waals surface area contributed by atoms with Crippen LogP contribution in [-0.4, -0.2) is 22.5 Å². The van der Waals surface area contributed by atoms with Gasteiger partial charge in [-0.1, -0.05) is 47.7 Å². The first kappa shape index (κ1) is 16.6. The molecule has 0 fully saturated rings. The van der Waals surface area contributed by atoms with Gasteiger partial charge in [-0.2, -0.15) is 5.26 Å². The molecule has 6 heteroatoms. The van der Waals surface area contributed by atoms with Crippen LogP contribution in [0.2, 0.25) is 0 Å². The molecule has 0 aliphatic carbocycles. The van der Waals surface area contributed by atoms with Gasteiger partial charge >= 0.3 is 5.97 Å². The quantitative estimate of drug-likeness (QED) is 0.388. The van der Waals surface area contributed by atoms with Crippen molar-refractivity contribution in [1.82, 2.24) is 5.32 Å². The van der Waals surface area contributed by atoms with E-state index in [4.69, 9.17) is 5.26 Å². The molecule has 2 aromatic carbocycles. The molecule has 0 aliphatic heterocycles. The number of aryl methyl sites for hydroxylation is 1. The summed E-state index contributed by atoms with van der Waals surface area (Å²) in [4.78, 5) is 15.7. The summed E-state index contributed by atoms with van der Waals surface area (Å²) in [5.41, 5.74) is 3.28. The molecule has 116 valence electrons. The first-order valence-electron chi connectivity index (χ1n) is 6.77. The fourth-order valence-electron chi connectivity index (χ4n) is 2.01. The molecule has 5 nitrogen and oxygen atoms in total. The average Bonchev–Trinajstić information content (AvgIpc) is 2.55. The summed E-state index contributed by atoms with van der Waals surface area (Å²) in [7, 11) is 0. The number of hydrogen-bond acceptors (Lipinski definition) is 4. The number of nitrogens with one attached hydrogen (secondary N) is 1. The zero-order valence-corrected chi connectivity index (χ0v) is 13.5. The molecule has 23 heavy (non-hydrogen) atoms. The molecule has 0 amide bonds. The van der Waals surface area contributed by atoms with Crippen molar-refractivity contribution in [3.05, 3.63) is 53.6 Å². The molecule has 2 N–H and O–H groups in total. The number of benzene rings is 2. The topological polar surface area (TPSA) is 85.5 Å². The van der Waals surface area contributed by atoms with Crippen molar-refractivity contribution < 1.29 is 9.90 Å². The van der Waals surface area contributed by atoms with Crippen molar-refractivity contribution in [2.24, 2.45) is 4.99 Å². The molecule has 0 saturated carbocycles. The summed E-state index contributed by atoms with van der Waals surface area (Å²) in [6, 6.07) is 12.9.